The van der Waals surface area contributed by atoms with E-state index in [-0.39, 0.29) is 10.8 Å². The number of carbonyl (C=O) groups is 1. The summed E-state index contributed by atoms with van der Waals surface area (Å²) < 4.78 is 27.6. The van der Waals surface area contributed by atoms with Crippen molar-refractivity contribution in [1.82, 2.24) is 0 Å². The van der Waals surface area contributed by atoms with Crippen molar-refractivity contribution >= 4 is 50.2 Å². The van der Waals surface area contributed by atoms with Gasteiger partial charge in [-0.25, -0.2) is 8.42 Å². The van der Waals surface area contributed by atoms with E-state index in [0.29, 0.717) is 29.2 Å². The first-order chi connectivity index (χ1) is 12.9. The summed E-state index contributed by atoms with van der Waals surface area (Å²) in [6.07, 6.45) is 0.986. The van der Waals surface area contributed by atoms with Gasteiger partial charge in [-0.2, -0.15) is 0 Å². The van der Waals surface area contributed by atoms with Crippen LogP contribution in [0.15, 0.2) is 70.9 Å². The minimum Gasteiger partial charge on any atom is -0.326 e. The van der Waals surface area contributed by atoms with Crippen LogP contribution in [-0.2, 0) is 21.2 Å². The summed E-state index contributed by atoms with van der Waals surface area (Å²) in [5, 5.41) is 5.23. The van der Waals surface area contributed by atoms with Crippen LogP contribution in [0.5, 0.6) is 0 Å². The lowest BCUT2D eigenvalue weighted by atomic mass is 10.2. The monoisotopic (exact) mass is 420 g/mol. The average molecular weight is 421 g/mol. The first-order valence-electron chi connectivity index (χ1n) is 8.13. The van der Waals surface area contributed by atoms with E-state index < -0.39 is 10.0 Å². The van der Waals surface area contributed by atoms with Gasteiger partial charge in [0.2, 0.25) is 5.91 Å². The van der Waals surface area contributed by atoms with Gasteiger partial charge in [0.15, 0.2) is 0 Å². The van der Waals surface area contributed by atoms with Gasteiger partial charge in [0.1, 0.15) is 0 Å². The van der Waals surface area contributed by atoms with Crippen molar-refractivity contribution in [2.24, 2.45) is 0 Å². The van der Waals surface area contributed by atoms with Gasteiger partial charge in [-0.15, -0.1) is 11.3 Å². The first kappa shape index (κ1) is 19.4. The lowest BCUT2D eigenvalue weighted by Gasteiger charge is -2.10. The number of halogens is 1. The number of carbonyl (C=O) groups excluding carboxylic acids is 1. The van der Waals surface area contributed by atoms with Crippen LogP contribution in [0.4, 0.5) is 11.4 Å². The summed E-state index contributed by atoms with van der Waals surface area (Å²) in [5.41, 5.74) is 0.843. The van der Waals surface area contributed by atoms with Gasteiger partial charge in [0, 0.05) is 27.7 Å². The third-order valence-corrected chi connectivity index (χ3v) is 6.27. The Morgan fingerprint density at radius 2 is 1.78 bits per heavy atom. The lowest BCUT2D eigenvalue weighted by Crippen LogP contribution is -2.15. The quantitative estimate of drug-likeness (QED) is 0.577. The number of nitrogens with one attached hydrogen (secondary N) is 2. The molecular formula is C19H17ClN2O3S2. The SMILES string of the molecule is O=C(CCc1cccs1)Nc1cccc(S(=O)(=O)Nc2ccc(Cl)cc2)c1. The normalized spacial score (nSPS) is 11.1. The number of rotatable bonds is 7. The van der Waals surface area contributed by atoms with Crippen LogP contribution in [0.2, 0.25) is 5.02 Å². The largest absolute Gasteiger partial charge is 0.326 e. The Balaban J connectivity index is 1.66. The van der Waals surface area contributed by atoms with Crippen molar-refractivity contribution in [2.75, 3.05) is 10.0 Å². The van der Waals surface area contributed by atoms with Crippen molar-refractivity contribution in [3.63, 3.8) is 0 Å². The Labute approximate surface area is 167 Å². The molecular weight excluding hydrogens is 404 g/mol. The second-order valence-corrected chi connectivity index (χ2v) is 8.92. The van der Waals surface area contributed by atoms with Gasteiger partial charge in [-0.3, -0.25) is 9.52 Å². The molecule has 140 valence electrons. The van der Waals surface area contributed by atoms with Gasteiger partial charge in [-0.05, 0) is 60.3 Å². The molecule has 0 unspecified atom stereocenters. The smallest absolute Gasteiger partial charge is 0.261 e. The molecule has 0 aliphatic heterocycles. The summed E-state index contributed by atoms with van der Waals surface area (Å²) in [6.45, 7) is 0. The number of hydrogen-bond acceptors (Lipinski definition) is 4. The molecule has 0 aliphatic rings. The molecule has 27 heavy (non-hydrogen) atoms. The van der Waals surface area contributed by atoms with E-state index >= 15 is 0 Å². The number of anilines is 2. The predicted molar refractivity (Wildman–Crippen MR) is 110 cm³/mol. The maximum Gasteiger partial charge on any atom is 0.261 e. The zero-order chi connectivity index (χ0) is 19.3. The van der Waals surface area contributed by atoms with E-state index in [9.17, 15) is 13.2 Å². The number of thiophene rings is 1. The van der Waals surface area contributed by atoms with Crippen molar-refractivity contribution < 1.29 is 13.2 Å². The molecule has 1 amide bonds. The van der Waals surface area contributed by atoms with E-state index in [1.165, 1.54) is 12.1 Å². The third kappa shape index (κ3) is 5.56. The Hall–Kier alpha value is -2.35. The Morgan fingerprint density at radius 1 is 1.00 bits per heavy atom. The van der Waals surface area contributed by atoms with E-state index in [1.54, 1.807) is 47.7 Å². The molecule has 0 atom stereocenters. The van der Waals surface area contributed by atoms with Crippen LogP contribution >= 0.6 is 22.9 Å². The average Bonchev–Trinajstić information content (AvgIpc) is 3.16. The zero-order valence-electron chi connectivity index (χ0n) is 14.2. The highest BCUT2D eigenvalue weighted by Crippen LogP contribution is 2.21. The number of sulfonamides is 1. The van der Waals surface area contributed by atoms with E-state index in [4.69, 9.17) is 11.6 Å². The Kier molecular flexibility index (Phi) is 6.15. The number of aryl methyl sites for hydroxylation is 1. The maximum absolute atomic E-state index is 12.6. The highest BCUT2D eigenvalue weighted by Gasteiger charge is 2.15. The Morgan fingerprint density at radius 3 is 2.48 bits per heavy atom. The molecule has 0 saturated carbocycles. The molecule has 3 aromatic rings. The van der Waals surface area contributed by atoms with Crippen LogP contribution in [0.3, 0.4) is 0 Å². The molecule has 0 spiro atoms. The predicted octanol–water partition coefficient (Wildman–Crippen LogP) is 4.77. The molecule has 3 rings (SSSR count). The van der Waals surface area contributed by atoms with Gasteiger partial charge >= 0.3 is 0 Å². The van der Waals surface area contributed by atoms with E-state index in [1.807, 2.05) is 17.5 Å². The lowest BCUT2D eigenvalue weighted by molar-refractivity contribution is -0.116. The van der Waals surface area contributed by atoms with Crippen LogP contribution in [-0.4, -0.2) is 14.3 Å². The number of benzene rings is 2. The number of hydrogen-bond donors (Lipinski definition) is 2. The molecule has 1 heterocycles. The molecule has 0 fully saturated rings. The summed E-state index contributed by atoms with van der Waals surface area (Å²) in [5.74, 6) is -0.163. The van der Waals surface area contributed by atoms with Crippen molar-refractivity contribution in [1.29, 1.82) is 0 Å². The maximum atomic E-state index is 12.6. The van der Waals surface area contributed by atoms with E-state index in [0.717, 1.165) is 4.88 Å². The molecule has 2 N–H and O–H groups in total. The van der Waals surface area contributed by atoms with Crippen molar-refractivity contribution in [3.05, 3.63) is 75.9 Å². The molecule has 2 aromatic carbocycles. The molecule has 1 aromatic heterocycles. The first-order valence-corrected chi connectivity index (χ1v) is 10.9. The van der Waals surface area contributed by atoms with Crippen LogP contribution in [0, 0.1) is 0 Å². The van der Waals surface area contributed by atoms with Gasteiger partial charge < -0.3 is 5.32 Å². The highest BCUT2D eigenvalue weighted by atomic mass is 35.5. The molecule has 8 heteroatoms. The summed E-state index contributed by atoms with van der Waals surface area (Å²) in [6, 6.07) is 16.4. The van der Waals surface area contributed by atoms with E-state index in [2.05, 4.69) is 10.0 Å². The highest BCUT2D eigenvalue weighted by molar-refractivity contribution is 7.92. The van der Waals surface area contributed by atoms with Crippen LogP contribution in [0.25, 0.3) is 0 Å². The molecule has 0 saturated heterocycles. The minimum absolute atomic E-state index is 0.0634. The van der Waals surface area contributed by atoms with Crippen molar-refractivity contribution in [2.45, 2.75) is 17.7 Å². The fourth-order valence-corrected chi connectivity index (χ4v) is 4.33. The van der Waals surface area contributed by atoms with Gasteiger partial charge in [-0.1, -0.05) is 23.7 Å². The van der Waals surface area contributed by atoms with Crippen molar-refractivity contribution in [3.8, 4) is 0 Å². The number of amides is 1. The van der Waals surface area contributed by atoms with Gasteiger partial charge in [0.25, 0.3) is 10.0 Å². The molecule has 0 bridgehead atoms. The van der Waals surface area contributed by atoms with Crippen LogP contribution in [0.1, 0.15) is 11.3 Å². The van der Waals surface area contributed by atoms with Crippen LogP contribution < -0.4 is 10.0 Å². The minimum atomic E-state index is -3.77. The summed E-state index contributed by atoms with van der Waals surface area (Å²) in [4.78, 5) is 13.3. The zero-order valence-corrected chi connectivity index (χ0v) is 16.6. The second-order valence-electron chi connectivity index (χ2n) is 5.77. The topological polar surface area (TPSA) is 75.3 Å². The second kappa shape index (κ2) is 8.56. The Bertz CT molecular complexity index is 1020. The summed E-state index contributed by atoms with van der Waals surface area (Å²) >= 11 is 7.41. The van der Waals surface area contributed by atoms with Gasteiger partial charge in [0.05, 0.1) is 4.90 Å². The molecule has 0 aliphatic carbocycles. The molecule has 5 nitrogen and oxygen atoms in total. The standard InChI is InChI=1S/C19H17ClN2O3S2/c20-14-6-8-15(9-7-14)22-27(24,25)18-5-1-3-16(13-18)21-19(23)11-10-17-4-2-12-26-17/h1-9,12-13,22H,10-11H2,(H,21,23). The molecule has 0 radical (unpaired) electrons. The fourth-order valence-electron chi connectivity index (χ4n) is 2.39. The fraction of sp³-hybridized carbons (Fsp3) is 0.105. The summed E-state index contributed by atoms with van der Waals surface area (Å²) in [7, 11) is -3.77. The third-order valence-electron chi connectivity index (χ3n) is 3.70.